The number of aromatic nitrogens is 1. The molecule has 1 amide bonds. The van der Waals surface area contributed by atoms with Gasteiger partial charge in [-0.2, -0.15) is 0 Å². The lowest BCUT2D eigenvalue weighted by molar-refractivity contribution is -0.115. The van der Waals surface area contributed by atoms with E-state index in [-0.39, 0.29) is 5.91 Å². The summed E-state index contributed by atoms with van der Waals surface area (Å²) in [5.41, 5.74) is 1.90. The largest absolute Gasteiger partial charge is 0.323 e. The van der Waals surface area contributed by atoms with Crippen LogP contribution in [0, 0.1) is 0 Å². The second-order valence-corrected chi connectivity index (χ2v) is 6.15. The number of amides is 1. The van der Waals surface area contributed by atoms with Gasteiger partial charge in [0, 0.05) is 17.8 Å². The maximum atomic E-state index is 12.3. The Balaban J connectivity index is 1.54. The van der Waals surface area contributed by atoms with Crippen molar-refractivity contribution < 1.29 is 4.79 Å². The molecule has 0 saturated heterocycles. The molecule has 0 bridgehead atoms. The first-order chi connectivity index (χ1) is 10.8. The molecule has 0 radical (unpaired) electrons. The van der Waals surface area contributed by atoms with Crippen molar-refractivity contribution in [1.29, 1.82) is 0 Å². The molecule has 2 heterocycles. The first-order valence-corrected chi connectivity index (χ1v) is 7.99. The zero-order chi connectivity index (χ0) is 14.9. The topological polar surface area (TPSA) is 33.5 Å². The van der Waals surface area contributed by atoms with Gasteiger partial charge in [-0.25, -0.2) is 0 Å². The minimum atomic E-state index is 0.0109. The SMILES string of the molecule is O=C(Cc1ccc2ccccc2c1)Nc1ccn2ccsc12. The zero-order valence-electron chi connectivity index (χ0n) is 11.8. The van der Waals surface area contributed by atoms with Crippen LogP contribution in [0.4, 0.5) is 5.69 Å². The summed E-state index contributed by atoms with van der Waals surface area (Å²) in [7, 11) is 0. The number of hydrogen-bond acceptors (Lipinski definition) is 2. The van der Waals surface area contributed by atoms with Crippen LogP contribution in [0.15, 0.2) is 66.3 Å². The molecule has 0 aliphatic heterocycles. The zero-order valence-corrected chi connectivity index (χ0v) is 12.6. The molecule has 0 spiro atoms. The van der Waals surface area contributed by atoms with Gasteiger partial charge in [-0.1, -0.05) is 42.5 Å². The van der Waals surface area contributed by atoms with Gasteiger partial charge in [0.1, 0.15) is 4.83 Å². The fraction of sp³-hybridized carbons (Fsp3) is 0.0556. The Morgan fingerprint density at radius 1 is 1.05 bits per heavy atom. The minimum absolute atomic E-state index is 0.0109. The van der Waals surface area contributed by atoms with E-state index in [9.17, 15) is 4.79 Å². The Bertz CT molecular complexity index is 967. The van der Waals surface area contributed by atoms with E-state index in [1.807, 2.05) is 46.4 Å². The lowest BCUT2D eigenvalue weighted by atomic mass is 10.0. The van der Waals surface area contributed by atoms with Gasteiger partial charge in [0.15, 0.2) is 0 Å². The van der Waals surface area contributed by atoms with Crippen molar-refractivity contribution in [2.45, 2.75) is 6.42 Å². The highest BCUT2D eigenvalue weighted by Crippen LogP contribution is 2.23. The van der Waals surface area contributed by atoms with E-state index in [0.29, 0.717) is 6.42 Å². The lowest BCUT2D eigenvalue weighted by Crippen LogP contribution is -2.13. The maximum Gasteiger partial charge on any atom is 0.228 e. The second kappa shape index (κ2) is 5.31. The minimum Gasteiger partial charge on any atom is -0.323 e. The van der Waals surface area contributed by atoms with Crippen LogP contribution in [-0.2, 0) is 11.2 Å². The Hall–Kier alpha value is -2.59. The van der Waals surface area contributed by atoms with Gasteiger partial charge in [-0.05, 0) is 22.4 Å². The second-order valence-electron chi connectivity index (χ2n) is 5.25. The number of anilines is 1. The van der Waals surface area contributed by atoms with E-state index in [1.54, 1.807) is 11.3 Å². The van der Waals surface area contributed by atoms with E-state index < -0.39 is 0 Å². The molecular weight excluding hydrogens is 292 g/mol. The molecule has 0 aliphatic carbocycles. The standard InChI is InChI=1S/C18H14N2OS/c21-17(19-16-7-8-20-9-10-22-18(16)20)12-13-5-6-14-3-1-2-4-15(14)11-13/h1-11H,12H2,(H,19,21). The number of carbonyl (C=O) groups is 1. The summed E-state index contributed by atoms with van der Waals surface area (Å²) in [4.78, 5) is 13.3. The summed E-state index contributed by atoms with van der Waals surface area (Å²) in [5, 5.41) is 7.36. The predicted octanol–water partition coefficient (Wildman–Crippen LogP) is 4.34. The van der Waals surface area contributed by atoms with Gasteiger partial charge in [-0.3, -0.25) is 4.79 Å². The van der Waals surface area contributed by atoms with Crippen molar-refractivity contribution in [3.8, 4) is 0 Å². The monoisotopic (exact) mass is 306 g/mol. The molecule has 4 heteroatoms. The Kier molecular flexibility index (Phi) is 3.16. The van der Waals surface area contributed by atoms with Gasteiger partial charge >= 0.3 is 0 Å². The smallest absolute Gasteiger partial charge is 0.228 e. The van der Waals surface area contributed by atoms with Crippen molar-refractivity contribution >= 4 is 38.5 Å². The third-order valence-corrected chi connectivity index (χ3v) is 4.63. The highest BCUT2D eigenvalue weighted by molar-refractivity contribution is 7.16. The number of fused-ring (bicyclic) bond motifs is 2. The Morgan fingerprint density at radius 2 is 1.91 bits per heavy atom. The Morgan fingerprint density at radius 3 is 2.82 bits per heavy atom. The van der Waals surface area contributed by atoms with Gasteiger partial charge in [-0.15, -0.1) is 11.3 Å². The van der Waals surface area contributed by atoms with Crippen molar-refractivity contribution in [2.75, 3.05) is 5.32 Å². The molecule has 108 valence electrons. The van der Waals surface area contributed by atoms with Crippen molar-refractivity contribution in [2.24, 2.45) is 0 Å². The van der Waals surface area contributed by atoms with Crippen LogP contribution in [0.2, 0.25) is 0 Å². The lowest BCUT2D eigenvalue weighted by Gasteiger charge is -2.05. The van der Waals surface area contributed by atoms with Gasteiger partial charge in [0.05, 0.1) is 12.1 Å². The third-order valence-electron chi connectivity index (χ3n) is 3.72. The van der Waals surface area contributed by atoms with E-state index >= 15 is 0 Å². The highest BCUT2D eigenvalue weighted by Gasteiger charge is 2.09. The molecule has 2 aromatic heterocycles. The van der Waals surface area contributed by atoms with Crippen LogP contribution in [-0.4, -0.2) is 10.3 Å². The Labute approximate surface area is 131 Å². The van der Waals surface area contributed by atoms with Crippen molar-refractivity contribution in [3.63, 3.8) is 0 Å². The summed E-state index contributed by atoms with van der Waals surface area (Å²) in [6.07, 6.45) is 4.32. The van der Waals surface area contributed by atoms with E-state index in [4.69, 9.17) is 0 Å². The van der Waals surface area contributed by atoms with Gasteiger partial charge < -0.3 is 9.72 Å². The van der Waals surface area contributed by atoms with E-state index in [0.717, 1.165) is 21.5 Å². The molecule has 4 rings (SSSR count). The molecule has 0 saturated carbocycles. The molecule has 4 aromatic rings. The van der Waals surface area contributed by atoms with Crippen LogP contribution in [0.25, 0.3) is 15.6 Å². The number of thiazole rings is 1. The number of carbonyl (C=O) groups excluding carboxylic acids is 1. The van der Waals surface area contributed by atoms with Gasteiger partial charge in [0.2, 0.25) is 5.91 Å². The summed E-state index contributed by atoms with van der Waals surface area (Å²) >= 11 is 1.62. The molecule has 22 heavy (non-hydrogen) atoms. The number of rotatable bonds is 3. The third kappa shape index (κ3) is 2.38. The normalized spacial score (nSPS) is 11.1. The maximum absolute atomic E-state index is 12.3. The fourth-order valence-electron chi connectivity index (χ4n) is 2.66. The van der Waals surface area contributed by atoms with Crippen LogP contribution in [0.1, 0.15) is 5.56 Å². The van der Waals surface area contributed by atoms with E-state index in [2.05, 4.69) is 29.6 Å². The highest BCUT2D eigenvalue weighted by atomic mass is 32.1. The first-order valence-electron chi connectivity index (χ1n) is 7.11. The van der Waals surface area contributed by atoms with Crippen molar-refractivity contribution in [3.05, 3.63) is 71.9 Å². The van der Waals surface area contributed by atoms with Crippen LogP contribution in [0.3, 0.4) is 0 Å². The summed E-state index contributed by atoms with van der Waals surface area (Å²) in [6, 6.07) is 16.3. The van der Waals surface area contributed by atoms with Crippen LogP contribution < -0.4 is 5.32 Å². The van der Waals surface area contributed by atoms with Crippen LogP contribution in [0.5, 0.6) is 0 Å². The molecule has 0 aliphatic rings. The van der Waals surface area contributed by atoms with Crippen molar-refractivity contribution in [1.82, 2.24) is 4.40 Å². The number of nitrogens with zero attached hydrogens (tertiary/aromatic N) is 1. The molecule has 0 atom stereocenters. The number of nitrogens with one attached hydrogen (secondary N) is 1. The van der Waals surface area contributed by atoms with Gasteiger partial charge in [0.25, 0.3) is 0 Å². The predicted molar refractivity (Wildman–Crippen MR) is 91.6 cm³/mol. The number of benzene rings is 2. The molecule has 0 fully saturated rings. The average molecular weight is 306 g/mol. The summed E-state index contributed by atoms with van der Waals surface area (Å²) in [5.74, 6) is 0.0109. The quantitative estimate of drug-likeness (QED) is 0.600. The summed E-state index contributed by atoms with van der Waals surface area (Å²) in [6.45, 7) is 0. The molecule has 1 N–H and O–H groups in total. The van der Waals surface area contributed by atoms with Crippen LogP contribution >= 0.6 is 11.3 Å². The average Bonchev–Trinajstić information content (AvgIpc) is 3.12. The molecule has 0 unspecified atom stereocenters. The molecule has 3 nitrogen and oxygen atoms in total. The summed E-state index contributed by atoms with van der Waals surface area (Å²) < 4.78 is 2.01. The fourth-order valence-corrected chi connectivity index (χ4v) is 3.47. The number of hydrogen-bond donors (Lipinski definition) is 1. The van der Waals surface area contributed by atoms with E-state index in [1.165, 1.54) is 5.39 Å². The molecular formula is C18H14N2OS. The molecule has 2 aromatic carbocycles. The first kappa shape index (κ1) is 13.1.